The summed E-state index contributed by atoms with van der Waals surface area (Å²) in [6, 6.07) is 18.5. The van der Waals surface area contributed by atoms with Crippen molar-refractivity contribution >= 4 is 11.7 Å². The van der Waals surface area contributed by atoms with Crippen molar-refractivity contribution in [3.8, 4) is 0 Å². The Balaban J connectivity index is 1.42. The summed E-state index contributed by atoms with van der Waals surface area (Å²) in [5, 5.41) is 2.98. The molecule has 1 N–H and O–H groups in total. The molecule has 1 aliphatic heterocycles. The van der Waals surface area contributed by atoms with Crippen molar-refractivity contribution in [3.05, 3.63) is 65.7 Å². The highest BCUT2D eigenvalue weighted by molar-refractivity contribution is 5.89. The lowest BCUT2D eigenvalue weighted by atomic mass is 10.1. The molecule has 1 heterocycles. The van der Waals surface area contributed by atoms with E-state index in [4.69, 9.17) is 0 Å². The number of rotatable bonds is 4. The van der Waals surface area contributed by atoms with Gasteiger partial charge in [-0.05, 0) is 31.0 Å². The van der Waals surface area contributed by atoms with Crippen LogP contribution in [0.5, 0.6) is 0 Å². The highest BCUT2D eigenvalue weighted by Gasteiger charge is 2.20. The fourth-order valence-corrected chi connectivity index (χ4v) is 2.95. The van der Waals surface area contributed by atoms with E-state index in [1.807, 2.05) is 36.1 Å². The number of amides is 2. The van der Waals surface area contributed by atoms with Gasteiger partial charge in [0.1, 0.15) is 0 Å². The number of carbonyl (C=O) groups excluding carboxylic acids is 1. The second-order valence-corrected chi connectivity index (χ2v) is 6.36. The van der Waals surface area contributed by atoms with Crippen LogP contribution in [-0.2, 0) is 6.42 Å². The number of aryl methyl sites for hydroxylation is 1. The fourth-order valence-electron chi connectivity index (χ4n) is 2.95. The number of piperazine rings is 1. The number of nitrogens with one attached hydrogen (secondary N) is 1. The van der Waals surface area contributed by atoms with Crippen molar-refractivity contribution in [1.82, 2.24) is 9.80 Å². The molecule has 1 saturated heterocycles. The molecule has 0 radical (unpaired) electrons. The Morgan fingerprint density at radius 1 is 0.958 bits per heavy atom. The summed E-state index contributed by atoms with van der Waals surface area (Å²) in [6.07, 6.45) is 1.07. The first-order valence-corrected chi connectivity index (χ1v) is 8.59. The largest absolute Gasteiger partial charge is 0.322 e. The van der Waals surface area contributed by atoms with Crippen molar-refractivity contribution in [2.45, 2.75) is 13.3 Å². The standard InChI is InChI=1S/C20H25N3O/c1-17-7-9-19(10-8-17)21-20(24)23-15-13-22(14-16-23)12-11-18-5-3-2-4-6-18/h2-10H,11-16H2,1H3,(H,21,24). The lowest BCUT2D eigenvalue weighted by Gasteiger charge is -2.34. The molecule has 4 nitrogen and oxygen atoms in total. The van der Waals surface area contributed by atoms with E-state index in [0.29, 0.717) is 0 Å². The predicted molar refractivity (Wildman–Crippen MR) is 98.4 cm³/mol. The molecule has 3 rings (SSSR count). The van der Waals surface area contributed by atoms with E-state index in [0.717, 1.165) is 44.8 Å². The Hall–Kier alpha value is -2.33. The van der Waals surface area contributed by atoms with Gasteiger partial charge in [-0.2, -0.15) is 0 Å². The molecule has 2 aromatic rings. The van der Waals surface area contributed by atoms with Crippen LogP contribution in [0.2, 0.25) is 0 Å². The SMILES string of the molecule is Cc1ccc(NC(=O)N2CCN(CCc3ccccc3)CC2)cc1. The lowest BCUT2D eigenvalue weighted by Crippen LogP contribution is -2.50. The van der Waals surface area contributed by atoms with Crippen LogP contribution < -0.4 is 5.32 Å². The van der Waals surface area contributed by atoms with Gasteiger partial charge in [-0.15, -0.1) is 0 Å². The van der Waals surface area contributed by atoms with E-state index in [2.05, 4.69) is 40.5 Å². The molecule has 2 aromatic carbocycles. The van der Waals surface area contributed by atoms with Crippen molar-refractivity contribution < 1.29 is 4.79 Å². The highest BCUT2D eigenvalue weighted by Crippen LogP contribution is 2.11. The number of benzene rings is 2. The number of carbonyl (C=O) groups is 1. The van der Waals surface area contributed by atoms with Gasteiger partial charge in [0.2, 0.25) is 0 Å². The first kappa shape index (κ1) is 16.5. The van der Waals surface area contributed by atoms with Crippen molar-refractivity contribution in [2.75, 3.05) is 38.0 Å². The maximum Gasteiger partial charge on any atom is 0.321 e. The van der Waals surface area contributed by atoms with Gasteiger partial charge in [0.05, 0.1) is 0 Å². The van der Waals surface area contributed by atoms with Gasteiger partial charge in [-0.1, -0.05) is 48.0 Å². The Bertz CT molecular complexity index is 646. The minimum atomic E-state index is 0.00145. The molecule has 0 unspecified atom stereocenters. The molecular formula is C20H25N3O. The zero-order valence-corrected chi connectivity index (χ0v) is 14.2. The maximum atomic E-state index is 12.3. The molecule has 1 aliphatic rings. The van der Waals surface area contributed by atoms with Crippen molar-refractivity contribution in [1.29, 1.82) is 0 Å². The van der Waals surface area contributed by atoms with E-state index in [9.17, 15) is 4.79 Å². The number of nitrogens with zero attached hydrogens (tertiary/aromatic N) is 2. The second-order valence-electron chi connectivity index (χ2n) is 6.36. The summed E-state index contributed by atoms with van der Waals surface area (Å²) in [5.74, 6) is 0. The van der Waals surface area contributed by atoms with Gasteiger partial charge in [0, 0.05) is 38.4 Å². The van der Waals surface area contributed by atoms with Crippen LogP contribution in [0, 0.1) is 6.92 Å². The quantitative estimate of drug-likeness (QED) is 0.936. The number of hydrogen-bond donors (Lipinski definition) is 1. The first-order chi connectivity index (χ1) is 11.7. The second kappa shape index (κ2) is 7.97. The molecule has 0 bridgehead atoms. The summed E-state index contributed by atoms with van der Waals surface area (Å²) < 4.78 is 0. The third-order valence-corrected chi connectivity index (χ3v) is 4.52. The van der Waals surface area contributed by atoms with E-state index >= 15 is 0 Å². The van der Waals surface area contributed by atoms with Crippen LogP contribution in [-0.4, -0.2) is 48.6 Å². The van der Waals surface area contributed by atoms with E-state index < -0.39 is 0 Å². The molecule has 0 spiro atoms. The van der Waals surface area contributed by atoms with E-state index in [1.165, 1.54) is 11.1 Å². The van der Waals surface area contributed by atoms with Crippen molar-refractivity contribution in [2.24, 2.45) is 0 Å². The molecule has 2 amide bonds. The smallest absolute Gasteiger partial charge is 0.321 e. The van der Waals surface area contributed by atoms with Crippen LogP contribution in [0.4, 0.5) is 10.5 Å². The molecule has 126 valence electrons. The molecule has 0 atom stereocenters. The average Bonchev–Trinajstić information content (AvgIpc) is 2.63. The Morgan fingerprint density at radius 3 is 2.29 bits per heavy atom. The van der Waals surface area contributed by atoms with Crippen LogP contribution in [0.25, 0.3) is 0 Å². The topological polar surface area (TPSA) is 35.6 Å². The van der Waals surface area contributed by atoms with Crippen molar-refractivity contribution in [3.63, 3.8) is 0 Å². The molecule has 0 saturated carbocycles. The minimum absolute atomic E-state index is 0.00145. The van der Waals surface area contributed by atoms with E-state index in [-0.39, 0.29) is 6.03 Å². The summed E-state index contributed by atoms with van der Waals surface area (Å²) in [5.41, 5.74) is 3.43. The van der Waals surface area contributed by atoms with Crippen LogP contribution in [0.1, 0.15) is 11.1 Å². The zero-order valence-electron chi connectivity index (χ0n) is 14.2. The van der Waals surface area contributed by atoms with Gasteiger partial charge >= 0.3 is 6.03 Å². The van der Waals surface area contributed by atoms with Gasteiger partial charge in [0.15, 0.2) is 0 Å². The zero-order chi connectivity index (χ0) is 16.8. The average molecular weight is 323 g/mol. The number of anilines is 1. The summed E-state index contributed by atoms with van der Waals surface area (Å²) in [6.45, 7) is 6.54. The molecule has 0 aromatic heterocycles. The summed E-state index contributed by atoms with van der Waals surface area (Å²) in [7, 11) is 0. The molecule has 1 fully saturated rings. The van der Waals surface area contributed by atoms with Gasteiger partial charge in [-0.3, -0.25) is 4.90 Å². The van der Waals surface area contributed by atoms with Crippen LogP contribution in [0.3, 0.4) is 0 Å². The fraction of sp³-hybridized carbons (Fsp3) is 0.350. The number of urea groups is 1. The molecule has 4 heteroatoms. The third kappa shape index (κ3) is 4.59. The monoisotopic (exact) mass is 323 g/mol. The highest BCUT2D eigenvalue weighted by atomic mass is 16.2. The van der Waals surface area contributed by atoms with Gasteiger partial charge in [-0.25, -0.2) is 4.79 Å². The van der Waals surface area contributed by atoms with Crippen LogP contribution >= 0.6 is 0 Å². The Labute approximate surface area is 144 Å². The predicted octanol–water partition coefficient (Wildman–Crippen LogP) is 3.39. The van der Waals surface area contributed by atoms with E-state index in [1.54, 1.807) is 0 Å². The molecule has 24 heavy (non-hydrogen) atoms. The maximum absolute atomic E-state index is 12.3. The minimum Gasteiger partial charge on any atom is -0.322 e. The Kier molecular flexibility index (Phi) is 5.49. The number of hydrogen-bond acceptors (Lipinski definition) is 2. The third-order valence-electron chi connectivity index (χ3n) is 4.52. The van der Waals surface area contributed by atoms with Crippen LogP contribution in [0.15, 0.2) is 54.6 Å². The summed E-state index contributed by atoms with van der Waals surface area (Å²) >= 11 is 0. The molecular weight excluding hydrogens is 298 g/mol. The molecule has 0 aliphatic carbocycles. The summed E-state index contributed by atoms with van der Waals surface area (Å²) in [4.78, 5) is 16.7. The van der Waals surface area contributed by atoms with Gasteiger partial charge in [0.25, 0.3) is 0 Å². The Morgan fingerprint density at radius 2 is 1.62 bits per heavy atom. The first-order valence-electron chi connectivity index (χ1n) is 8.59. The van der Waals surface area contributed by atoms with Gasteiger partial charge < -0.3 is 10.2 Å². The normalized spacial score (nSPS) is 15.3. The lowest BCUT2D eigenvalue weighted by molar-refractivity contribution is 0.148.